The summed E-state index contributed by atoms with van der Waals surface area (Å²) in [6.07, 6.45) is 2.62. The van der Waals surface area contributed by atoms with Crippen LogP contribution in [0.25, 0.3) is 11.0 Å². The van der Waals surface area contributed by atoms with Gasteiger partial charge in [-0.05, 0) is 47.9 Å². The molecule has 2 aliphatic rings. The van der Waals surface area contributed by atoms with Gasteiger partial charge in [0.15, 0.2) is 0 Å². The predicted molar refractivity (Wildman–Crippen MR) is 121 cm³/mol. The number of aromatic amines is 1. The van der Waals surface area contributed by atoms with Gasteiger partial charge in [0.2, 0.25) is 0 Å². The third kappa shape index (κ3) is 3.70. The van der Waals surface area contributed by atoms with Gasteiger partial charge in [-0.1, -0.05) is 6.92 Å². The first-order valence-electron chi connectivity index (χ1n) is 10.9. The summed E-state index contributed by atoms with van der Waals surface area (Å²) in [5.41, 5.74) is 6.64. The molecule has 1 amide bonds. The first-order valence-corrected chi connectivity index (χ1v) is 10.9. The van der Waals surface area contributed by atoms with Crippen molar-refractivity contribution in [3.63, 3.8) is 0 Å². The molecule has 31 heavy (non-hydrogen) atoms. The average Bonchev–Trinajstić information content (AvgIpc) is 3.06. The molecule has 0 bridgehead atoms. The molecule has 0 unspecified atom stereocenters. The van der Waals surface area contributed by atoms with Crippen LogP contribution in [0.5, 0.6) is 0 Å². The van der Waals surface area contributed by atoms with Gasteiger partial charge in [-0.2, -0.15) is 0 Å². The topological polar surface area (TPSA) is 72.5 Å². The summed E-state index contributed by atoms with van der Waals surface area (Å²) in [4.78, 5) is 38.3. The number of amides is 1. The van der Waals surface area contributed by atoms with Gasteiger partial charge < -0.3 is 14.8 Å². The van der Waals surface area contributed by atoms with Crippen molar-refractivity contribution < 1.29 is 4.79 Å². The molecule has 0 saturated carbocycles. The number of nitrogens with one attached hydrogen (secondary N) is 1. The number of aryl methyl sites for hydroxylation is 1. The van der Waals surface area contributed by atoms with E-state index in [1.165, 1.54) is 5.69 Å². The molecule has 3 aromatic rings. The zero-order chi connectivity index (χ0) is 21.5. The van der Waals surface area contributed by atoms with Crippen molar-refractivity contribution in [2.45, 2.75) is 26.4 Å². The van der Waals surface area contributed by atoms with Gasteiger partial charge in [0.25, 0.3) is 11.5 Å². The van der Waals surface area contributed by atoms with E-state index in [0.29, 0.717) is 13.0 Å². The molecule has 1 fully saturated rings. The largest absolute Gasteiger partial charge is 0.369 e. The number of piperazine rings is 1. The quantitative estimate of drug-likeness (QED) is 0.706. The molecule has 2 aliphatic heterocycles. The molecule has 7 nitrogen and oxygen atoms in total. The Bertz CT molecular complexity index is 1210. The maximum atomic E-state index is 12.1. The number of nitrogens with zero attached hydrogens (tertiary/aromatic N) is 4. The van der Waals surface area contributed by atoms with Crippen LogP contribution in [0.1, 0.15) is 34.0 Å². The molecule has 160 valence electrons. The number of aromatic nitrogens is 2. The molecule has 4 heterocycles. The third-order valence-electron chi connectivity index (χ3n) is 6.42. The number of carbonyl (C=O) groups is 1. The van der Waals surface area contributed by atoms with Crippen molar-refractivity contribution in [1.82, 2.24) is 19.8 Å². The normalized spacial score (nSPS) is 16.9. The molecule has 0 aliphatic carbocycles. The maximum Gasteiger partial charge on any atom is 0.254 e. The van der Waals surface area contributed by atoms with E-state index < -0.39 is 0 Å². The van der Waals surface area contributed by atoms with E-state index in [2.05, 4.69) is 31.9 Å². The van der Waals surface area contributed by atoms with Gasteiger partial charge in [0, 0.05) is 69.3 Å². The minimum atomic E-state index is -0.0233. The fourth-order valence-corrected chi connectivity index (χ4v) is 4.59. The molecule has 5 rings (SSSR count). The summed E-state index contributed by atoms with van der Waals surface area (Å²) in [7, 11) is 1.85. The van der Waals surface area contributed by atoms with E-state index in [1.807, 2.05) is 38.4 Å². The Hall–Kier alpha value is -3.19. The Morgan fingerprint density at radius 2 is 1.87 bits per heavy atom. The number of fused-ring (bicyclic) bond motifs is 2. The van der Waals surface area contributed by atoms with Gasteiger partial charge in [0.1, 0.15) is 0 Å². The Morgan fingerprint density at radius 1 is 1.06 bits per heavy atom. The number of rotatable bonds is 4. The van der Waals surface area contributed by atoms with E-state index >= 15 is 0 Å². The molecule has 0 atom stereocenters. The molecular weight excluding hydrogens is 390 g/mol. The minimum absolute atomic E-state index is 0.0233. The summed E-state index contributed by atoms with van der Waals surface area (Å²) in [5, 5.41) is 0. The highest BCUT2D eigenvalue weighted by Gasteiger charge is 2.26. The summed E-state index contributed by atoms with van der Waals surface area (Å²) in [6.45, 7) is 7.29. The Morgan fingerprint density at radius 3 is 2.65 bits per heavy atom. The van der Waals surface area contributed by atoms with Crippen molar-refractivity contribution in [1.29, 1.82) is 0 Å². The average molecular weight is 418 g/mol. The second-order valence-electron chi connectivity index (χ2n) is 8.52. The molecular formula is C24H27N5O2. The third-order valence-corrected chi connectivity index (χ3v) is 6.42. The second kappa shape index (κ2) is 7.81. The van der Waals surface area contributed by atoms with Crippen molar-refractivity contribution >= 4 is 22.6 Å². The molecule has 2 aromatic heterocycles. The van der Waals surface area contributed by atoms with Gasteiger partial charge >= 0.3 is 0 Å². The predicted octanol–water partition coefficient (Wildman–Crippen LogP) is 2.39. The first kappa shape index (κ1) is 19.8. The minimum Gasteiger partial charge on any atom is -0.369 e. The van der Waals surface area contributed by atoms with Crippen molar-refractivity contribution in [3.8, 4) is 0 Å². The van der Waals surface area contributed by atoms with E-state index in [0.717, 1.165) is 66.0 Å². The van der Waals surface area contributed by atoms with Crippen LogP contribution in [0, 0.1) is 0 Å². The Kier molecular flexibility index (Phi) is 4.98. The second-order valence-corrected chi connectivity index (χ2v) is 8.52. The van der Waals surface area contributed by atoms with Crippen LogP contribution < -0.4 is 10.5 Å². The smallest absolute Gasteiger partial charge is 0.254 e. The molecule has 0 radical (unpaired) electrons. The molecule has 1 N–H and O–H groups in total. The number of carbonyl (C=O) groups excluding carboxylic acids is 1. The molecule has 1 aromatic carbocycles. The van der Waals surface area contributed by atoms with Crippen LogP contribution in [-0.4, -0.2) is 58.9 Å². The maximum absolute atomic E-state index is 12.1. The van der Waals surface area contributed by atoms with E-state index in [-0.39, 0.29) is 11.5 Å². The number of H-pyrrole nitrogens is 1. The summed E-state index contributed by atoms with van der Waals surface area (Å²) >= 11 is 0. The number of anilines is 1. The van der Waals surface area contributed by atoms with Crippen LogP contribution >= 0.6 is 0 Å². The van der Waals surface area contributed by atoms with Crippen molar-refractivity contribution in [2.75, 3.05) is 38.1 Å². The van der Waals surface area contributed by atoms with Crippen molar-refractivity contribution in [2.24, 2.45) is 0 Å². The molecule has 7 heteroatoms. The SMILES string of the molecule is CCc1cc2ncc(CN3CCN(c4ccc5c(c4)CN(C)C5=O)CC3)cc2[nH]c1=O. The van der Waals surface area contributed by atoms with Crippen LogP contribution in [0.15, 0.2) is 41.3 Å². The highest BCUT2D eigenvalue weighted by Crippen LogP contribution is 2.27. The van der Waals surface area contributed by atoms with Crippen LogP contribution in [0.4, 0.5) is 5.69 Å². The van der Waals surface area contributed by atoms with Crippen LogP contribution in [0.2, 0.25) is 0 Å². The fourth-order valence-electron chi connectivity index (χ4n) is 4.59. The van der Waals surface area contributed by atoms with Crippen LogP contribution in [0.3, 0.4) is 0 Å². The Labute approximate surface area is 181 Å². The fraction of sp³-hybridized carbons (Fsp3) is 0.375. The van der Waals surface area contributed by atoms with Gasteiger partial charge in [0.05, 0.1) is 11.0 Å². The number of benzene rings is 1. The lowest BCUT2D eigenvalue weighted by atomic mass is 10.1. The highest BCUT2D eigenvalue weighted by atomic mass is 16.2. The zero-order valence-electron chi connectivity index (χ0n) is 18.0. The summed E-state index contributed by atoms with van der Waals surface area (Å²) < 4.78 is 0. The Balaban J connectivity index is 1.25. The van der Waals surface area contributed by atoms with Crippen molar-refractivity contribution in [3.05, 3.63) is 69.1 Å². The lowest BCUT2D eigenvalue weighted by Gasteiger charge is -2.36. The molecule has 1 saturated heterocycles. The zero-order valence-corrected chi connectivity index (χ0v) is 18.0. The summed E-state index contributed by atoms with van der Waals surface area (Å²) in [6, 6.07) is 10.1. The number of hydrogen-bond donors (Lipinski definition) is 1. The first-order chi connectivity index (χ1) is 15.0. The lowest BCUT2D eigenvalue weighted by molar-refractivity contribution is 0.0816. The standard InChI is InChI=1S/C24H27N5O2/c1-3-17-12-21-22(26-23(17)30)10-16(13-25-21)14-28-6-8-29(9-7-28)19-4-5-20-18(11-19)15-27(2)24(20)31/h4-5,10-13H,3,6-9,14-15H2,1-2H3,(H,26,30). The number of pyridine rings is 2. The van der Waals surface area contributed by atoms with Gasteiger partial charge in [-0.25, -0.2) is 0 Å². The highest BCUT2D eigenvalue weighted by molar-refractivity contribution is 5.98. The van der Waals surface area contributed by atoms with Gasteiger partial charge in [-0.15, -0.1) is 0 Å². The van der Waals surface area contributed by atoms with E-state index in [1.54, 1.807) is 4.90 Å². The van der Waals surface area contributed by atoms with Gasteiger partial charge in [-0.3, -0.25) is 19.5 Å². The number of hydrogen-bond acceptors (Lipinski definition) is 5. The lowest BCUT2D eigenvalue weighted by Crippen LogP contribution is -2.46. The van der Waals surface area contributed by atoms with E-state index in [4.69, 9.17) is 0 Å². The monoisotopic (exact) mass is 417 g/mol. The van der Waals surface area contributed by atoms with Crippen LogP contribution in [-0.2, 0) is 19.5 Å². The van der Waals surface area contributed by atoms with E-state index in [9.17, 15) is 9.59 Å². The summed E-state index contributed by atoms with van der Waals surface area (Å²) in [5.74, 6) is 0.114. The molecule has 0 spiro atoms.